The summed E-state index contributed by atoms with van der Waals surface area (Å²) in [6.45, 7) is 3.69. The molecule has 182 valence electrons. The molecule has 5 N–H and O–H groups in total. The lowest BCUT2D eigenvalue weighted by atomic mass is 10.1. The number of nitrogens with one attached hydrogen (secondary N) is 3. The van der Waals surface area contributed by atoms with Crippen LogP contribution in [0.5, 0.6) is 0 Å². The number of pyridine rings is 1. The molecule has 1 atom stereocenters. The van der Waals surface area contributed by atoms with Crippen LogP contribution in [0.15, 0.2) is 48.8 Å². The first-order chi connectivity index (χ1) is 16.2. The van der Waals surface area contributed by atoms with E-state index < -0.39 is 14.6 Å². The highest BCUT2D eigenvalue weighted by molar-refractivity contribution is 7.39. The lowest BCUT2D eigenvalue weighted by molar-refractivity contribution is -0.00135. The van der Waals surface area contributed by atoms with Crippen molar-refractivity contribution in [3.05, 3.63) is 70.1 Å². The summed E-state index contributed by atoms with van der Waals surface area (Å²) in [4.78, 5) is 38.0. The van der Waals surface area contributed by atoms with Gasteiger partial charge in [-0.05, 0) is 43.7 Å². The number of halogens is 2. The van der Waals surface area contributed by atoms with Gasteiger partial charge in [0, 0.05) is 34.6 Å². The minimum atomic E-state index is -2.53. The number of anilines is 1. The highest BCUT2D eigenvalue weighted by Gasteiger charge is 2.19. The van der Waals surface area contributed by atoms with Crippen LogP contribution in [0.2, 0.25) is 10.0 Å². The molecule has 3 rings (SSSR count). The zero-order valence-electron chi connectivity index (χ0n) is 18.5. The molecule has 0 bridgehead atoms. The van der Waals surface area contributed by atoms with E-state index in [2.05, 4.69) is 25.1 Å². The second-order valence-electron chi connectivity index (χ2n) is 7.60. The predicted molar refractivity (Wildman–Crippen MR) is 133 cm³/mol. The number of hydrogen-bond donors (Lipinski definition) is 5. The van der Waals surface area contributed by atoms with E-state index in [-0.39, 0.29) is 25.3 Å². The number of carbonyl (C=O) groups is 1. The molecule has 0 aliphatic rings. The minimum Gasteiger partial charge on any atom is -0.368 e. The zero-order chi connectivity index (χ0) is 24.7. The first kappa shape index (κ1) is 26.4. The molecule has 12 heteroatoms. The topological polar surface area (TPSA) is 129 Å². The Hall–Kier alpha value is -2.23. The van der Waals surface area contributed by atoms with Gasteiger partial charge in [0.2, 0.25) is 0 Å². The molecule has 0 radical (unpaired) electrons. The number of hydrogen-bond acceptors (Lipinski definition) is 7. The molecule has 2 aromatic heterocycles. The molecular formula is C22H25Cl2N4O5P. The Kier molecular flexibility index (Phi) is 9.67. The van der Waals surface area contributed by atoms with E-state index in [1.165, 1.54) is 0 Å². The molecule has 0 saturated heterocycles. The first-order valence-corrected chi connectivity index (χ1v) is 12.2. The van der Waals surface area contributed by atoms with Crippen LogP contribution in [0.3, 0.4) is 0 Å². The van der Waals surface area contributed by atoms with E-state index in [0.717, 1.165) is 11.1 Å². The van der Waals surface area contributed by atoms with E-state index in [1.54, 1.807) is 42.7 Å². The normalized spacial score (nSPS) is 12.2. The Morgan fingerprint density at radius 2 is 2.03 bits per heavy atom. The lowest BCUT2D eigenvalue weighted by Crippen LogP contribution is -2.32. The van der Waals surface area contributed by atoms with E-state index in [9.17, 15) is 4.79 Å². The van der Waals surface area contributed by atoms with Crippen molar-refractivity contribution in [1.29, 1.82) is 0 Å². The standard InChI is InChI=1S/C22H25Cl2N4O5P/c1-13(2)27-21-8-17(18(24)10-26-21)15-7-19(25-9-15)22(29)28-20(11-32-12-33-34(30)31)14-4-3-5-16(23)6-14/h3-10,13,20,25,30-31H,11-12H2,1-2H3,(H,26,27)(H,28,29)/t20-/m1/s1. The molecule has 2 heterocycles. The Morgan fingerprint density at radius 1 is 1.24 bits per heavy atom. The molecule has 0 aliphatic carbocycles. The second-order valence-corrected chi connectivity index (χ2v) is 9.21. The van der Waals surface area contributed by atoms with Crippen molar-refractivity contribution < 1.29 is 23.8 Å². The maximum Gasteiger partial charge on any atom is 0.329 e. The third-order valence-electron chi connectivity index (χ3n) is 4.62. The van der Waals surface area contributed by atoms with Gasteiger partial charge in [0.15, 0.2) is 6.79 Å². The summed E-state index contributed by atoms with van der Waals surface area (Å²) in [7, 11) is -2.53. The third-order valence-corrected chi connectivity index (χ3v) is 5.50. The molecule has 1 amide bonds. The van der Waals surface area contributed by atoms with Gasteiger partial charge < -0.3 is 30.1 Å². The van der Waals surface area contributed by atoms with Crippen LogP contribution in [0, 0.1) is 0 Å². The summed E-state index contributed by atoms with van der Waals surface area (Å²) in [5.41, 5.74) is 2.49. The molecule has 0 spiro atoms. The van der Waals surface area contributed by atoms with Gasteiger partial charge in [-0.2, -0.15) is 0 Å². The summed E-state index contributed by atoms with van der Waals surface area (Å²) in [6.07, 6.45) is 3.26. The number of carbonyl (C=O) groups excluding carboxylic acids is 1. The first-order valence-electron chi connectivity index (χ1n) is 10.3. The van der Waals surface area contributed by atoms with Gasteiger partial charge >= 0.3 is 8.60 Å². The van der Waals surface area contributed by atoms with E-state index in [4.69, 9.17) is 37.7 Å². The molecule has 0 aliphatic heterocycles. The number of amides is 1. The Labute approximate surface area is 208 Å². The molecule has 0 unspecified atom stereocenters. The highest BCUT2D eigenvalue weighted by Crippen LogP contribution is 2.30. The smallest absolute Gasteiger partial charge is 0.329 e. The molecule has 3 aromatic rings. The van der Waals surface area contributed by atoms with Crippen LogP contribution < -0.4 is 10.6 Å². The molecule has 34 heavy (non-hydrogen) atoms. The van der Waals surface area contributed by atoms with E-state index in [1.807, 2.05) is 19.9 Å². The summed E-state index contributed by atoms with van der Waals surface area (Å²) in [5.74, 6) is 0.300. The molecule has 0 saturated carbocycles. The van der Waals surface area contributed by atoms with Gasteiger partial charge in [-0.1, -0.05) is 35.3 Å². The van der Waals surface area contributed by atoms with Gasteiger partial charge in [-0.3, -0.25) is 9.32 Å². The van der Waals surface area contributed by atoms with Crippen molar-refractivity contribution in [1.82, 2.24) is 15.3 Å². The Balaban J connectivity index is 1.76. The van der Waals surface area contributed by atoms with E-state index >= 15 is 0 Å². The minimum absolute atomic E-state index is 0.0171. The average molecular weight is 527 g/mol. The fourth-order valence-electron chi connectivity index (χ4n) is 3.15. The summed E-state index contributed by atoms with van der Waals surface area (Å²) >= 11 is 12.5. The highest BCUT2D eigenvalue weighted by atomic mass is 35.5. The number of H-pyrrole nitrogens is 1. The third kappa shape index (κ3) is 7.65. The summed E-state index contributed by atoms with van der Waals surface area (Å²) < 4.78 is 9.97. The lowest BCUT2D eigenvalue weighted by Gasteiger charge is -2.19. The van der Waals surface area contributed by atoms with Crippen LogP contribution in [0.4, 0.5) is 5.82 Å². The molecule has 1 aromatic carbocycles. The van der Waals surface area contributed by atoms with Crippen molar-refractivity contribution in [2.45, 2.75) is 25.9 Å². The van der Waals surface area contributed by atoms with Crippen molar-refractivity contribution in [3.63, 3.8) is 0 Å². The van der Waals surface area contributed by atoms with E-state index in [0.29, 0.717) is 27.1 Å². The predicted octanol–water partition coefficient (Wildman–Crippen LogP) is 4.88. The molecular weight excluding hydrogens is 502 g/mol. The summed E-state index contributed by atoms with van der Waals surface area (Å²) in [6, 6.07) is 10.1. The fourth-order valence-corrected chi connectivity index (χ4v) is 3.73. The Morgan fingerprint density at radius 3 is 2.74 bits per heavy atom. The van der Waals surface area contributed by atoms with Gasteiger partial charge in [-0.15, -0.1) is 0 Å². The van der Waals surface area contributed by atoms with Gasteiger partial charge in [0.05, 0.1) is 17.7 Å². The number of benzene rings is 1. The van der Waals surface area contributed by atoms with Gasteiger partial charge in [0.25, 0.3) is 5.91 Å². The van der Waals surface area contributed by atoms with Crippen molar-refractivity contribution in [2.24, 2.45) is 0 Å². The molecule has 9 nitrogen and oxygen atoms in total. The number of rotatable bonds is 11. The zero-order valence-corrected chi connectivity index (χ0v) is 20.9. The van der Waals surface area contributed by atoms with Crippen molar-refractivity contribution >= 4 is 43.5 Å². The Bertz CT molecular complexity index is 1110. The number of nitrogens with zero attached hydrogens (tertiary/aromatic N) is 1. The quantitative estimate of drug-likeness (QED) is 0.137. The monoisotopic (exact) mass is 526 g/mol. The number of aromatic nitrogens is 2. The maximum atomic E-state index is 13.0. The van der Waals surface area contributed by atoms with Crippen LogP contribution in [0.25, 0.3) is 11.1 Å². The second kappa shape index (κ2) is 12.5. The van der Waals surface area contributed by atoms with Crippen molar-refractivity contribution in [2.75, 3.05) is 18.7 Å². The number of ether oxygens (including phenoxy) is 1. The van der Waals surface area contributed by atoms with Gasteiger partial charge in [0.1, 0.15) is 11.5 Å². The van der Waals surface area contributed by atoms with Crippen LogP contribution in [0.1, 0.15) is 35.9 Å². The fraction of sp³-hybridized carbons (Fsp3) is 0.273. The van der Waals surface area contributed by atoms with Crippen molar-refractivity contribution in [3.8, 4) is 11.1 Å². The maximum absolute atomic E-state index is 13.0. The number of aromatic amines is 1. The average Bonchev–Trinajstić information content (AvgIpc) is 3.27. The van der Waals surface area contributed by atoms with Gasteiger partial charge in [-0.25, -0.2) is 4.98 Å². The molecule has 0 fully saturated rings. The SMILES string of the molecule is CC(C)Nc1cc(-c2c[nH]c(C(=O)N[C@H](COCOP(O)O)c3cccc(Cl)c3)c2)c(Cl)cn1. The van der Waals surface area contributed by atoms with Crippen LogP contribution in [-0.4, -0.2) is 45.1 Å². The largest absolute Gasteiger partial charge is 0.368 e. The van der Waals surface area contributed by atoms with Crippen LogP contribution >= 0.6 is 31.8 Å². The van der Waals surface area contributed by atoms with Crippen LogP contribution in [-0.2, 0) is 9.26 Å². The summed E-state index contributed by atoms with van der Waals surface area (Å²) in [5, 5.41) is 7.08.